The second-order valence-electron chi connectivity index (χ2n) is 3.63. The lowest BCUT2D eigenvalue weighted by atomic mass is 10.2. The first-order valence-electron chi connectivity index (χ1n) is 5.06. The summed E-state index contributed by atoms with van der Waals surface area (Å²) < 4.78 is 0. The van der Waals surface area contributed by atoms with Gasteiger partial charge in [0.15, 0.2) is 0 Å². The number of imide groups is 2. The SMILES string of the molecule is CC(=O)Nc1ccc(N2C(=O)NC(=O)C2=O)cc1. The lowest BCUT2D eigenvalue weighted by molar-refractivity contribution is -0.134. The minimum absolute atomic E-state index is 0.229. The van der Waals surface area contributed by atoms with Gasteiger partial charge in [0.2, 0.25) is 5.91 Å². The lowest BCUT2D eigenvalue weighted by Gasteiger charge is -2.11. The van der Waals surface area contributed by atoms with E-state index in [-0.39, 0.29) is 11.6 Å². The van der Waals surface area contributed by atoms with Gasteiger partial charge < -0.3 is 5.32 Å². The van der Waals surface area contributed by atoms with Crippen molar-refractivity contribution in [3.63, 3.8) is 0 Å². The maximum absolute atomic E-state index is 11.4. The zero-order valence-corrected chi connectivity index (χ0v) is 9.39. The Morgan fingerprint density at radius 3 is 2.22 bits per heavy atom. The fraction of sp³-hybridized carbons (Fsp3) is 0.0909. The summed E-state index contributed by atoms with van der Waals surface area (Å²) in [4.78, 5) is 45.3. The number of carbonyl (C=O) groups is 4. The molecule has 1 fully saturated rings. The standard InChI is InChI=1S/C11H9N3O4/c1-6(15)12-7-2-4-8(5-3-7)14-10(17)9(16)13-11(14)18/h2-5H,1H3,(H,12,15)(H,13,16,18). The Labute approximate surface area is 102 Å². The Balaban J connectivity index is 2.24. The molecule has 7 heteroatoms. The van der Waals surface area contributed by atoms with Crippen LogP contribution in [0.4, 0.5) is 16.2 Å². The maximum Gasteiger partial charge on any atom is 0.336 e. The molecule has 0 radical (unpaired) electrons. The van der Waals surface area contributed by atoms with Crippen LogP contribution >= 0.6 is 0 Å². The number of rotatable bonds is 2. The third kappa shape index (κ3) is 2.05. The van der Waals surface area contributed by atoms with E-state index in [0.717, 1.165) is 4.90 Å². The van der Waals surface area contributed by atoms with E-state index in [1.165, 1.54) is 31.2 Å². The molecule has 1 heterocycles. The van der Waals surface area contributed by atoms with Gasteiger partial charge in [-0.25, -0.2) is 9.69 Å². The highest BCUT2D eigenvalue weighted by molar-refractivity contribution is 6.53. The first kappa shape index (κ1) is 11.8. The van der Waals surface area contributed by atoms with Gasteiger partial charge >= 0.3 is 17.8 Å². The van der Waals surface area contributed by atoms with Gasteiger partial charge in [-0.1, -0.05) is 0 Å². The van der Waals surface area contributed by atoms with E-state index in [1.54, 1.807) is 0 Å². The van der Waals surface area contributed by atoms with Crippen LogP contribution in [0.3, 0.4) is 0 Å². The van der Waals surface area contributed by atoms with E-state index in [0.29, 0.717) is 5.69 Å². The predicted octanol–water partition coefficient (Wildman–Crippen LogP) is 0.228. The number of hydrogen-bond donors (Lipinski definition) is 2. The van der Waals surface area contributed by atoms with Crippen molar-refractivity contribution in [2.24, 2.45) is 0 Å². The molecule has 0 unspecified atom stereocenters. The van der Waals surface area contributed by atoms with Crippen LogP contribution in [0.2, 0.25) is 0 Å². The molecule has 0 saturated carbocycles. The molecule has 1 aliphatic rings. The number of nitrogens with zero attached hydrogens (tertiary/aromatic N) is 1. The molecular weight excluding hydrogens is 238 g/mol. The van der Waals surface area contributed by atoms with Crippen LogP contribution in [0.25, 0.3) is 0 Å². The molecule has 0 atom stereocenters. The van der Waals surface area contributed by atoms with Crippen LogP contribution in [-0.4, -0.2) is 23.8 Å². The third-order valence-electron chi connectivity index (χ3n) is 2.27. The summed E-state index contributed by atoms with van der Waals surface area (Å²) in [5.74, 6) is -2.11. The van der Waals surface area contributed by atoms with Crippen molar-refractivity contribution in [3.8, 4) is 0 Å². The number of amides is 5. The van der Waals surface area contributed by atoms with Crippen molar-refractivity contribution in [3.05, 3.63) is 24.3 Å². The molecule has 7 nitrogen and oxygen atoms in total. The summed E-state index contributed by atoms with van der Waals surface area (Å²) in [5.41, 5.74) is 0.794. The van der Waals surface area contributed by atoms with Crippen molar-refractivity contribution in [1.82, 2.24) is 5.32 Å². The number of urea groups is 1. The fourth-order valence-electron chi connectivity index (χ4n) is 1.53. The van der Waals surface area contributed by atoms with Crippen LogP contribution in [0.5, 0.6) is 0 Å². The van der Waals surface area contributed by atoms with Gasteiger partial charge in [-0.05, 0) is 24.3 Å². The van der Waals surface area contributed by atoms with Crippen molar-refractivity contribution < 1.29 is 19.2 Å². The van der Waals surface area contributed by atoms with Gasteiger partial charge in [0, 0.05) is 12.6 Å². The lowest BCUT2D eigenvalue weighted by Crippen LogP contribution is -2.30. The molecule has 1 aromatic carbocycles. The number of benzene rings is 1. The molecular formula is C11H9N3O4. The first-order chi connectivity index (χ1) is 8.49. The number of nitrogens with one attached hydrogen (secondary N) is 2. The Kier molecular flexibility index (Phi) is 2.80. The third-order valence-corrected chi connectivity index (χ3v) is 2.27. The fourth-order valence-corrected chi connectivity index (χ4v) is 1.53. The van der Waals surface area contributed by atoms with Gasteiger partial charge in [0.25, 0.3) is 0 Å². The highest BCUT2D eigenvalue weighted by atomic mass is 16.2. The Morgan fingerprint density at radius 2 is 1.78 bits per heavy atom. The molecule has 0 aliphatic carbocycles. The van der Waals surface area contributed by atoms with E-state index >= 15 is 0 Å². The van der Waals surface area contributed by atoms with E-state index in [4.69, 9.17) is 0 Å². The molecule has 0 bridgehead atoms. The van der Waals surface area contributed by atoms with Crippen LogP contribution in [0.15, 0.2) is 24.3 Å². The summed E-state index contributed by atoms with van der Waals surface area (Å²) in [6.07, 6.45) is 0. The molecule has 92 valence electrons. The quantitative estimate of drug-likeness (QED) is 0.577. The summed E-state index contributed by atoms with van der Waals surface area (Å²) >= 11 is 0. The van der Waals surface area contributed by atoms with Crippen LogP contribution < -0.4 is 15.5 Å². The van der Waals surface area contributed by atoms with Gasteiger partial charge in [0.05, 0.1) is 5.69 Å². The van der Waals surface area contributed by atoms with Crippen LogP contribution in [0.1, 0.15) is 6.92 Å². The summed E-state index contributed by atoms with van der Waals surface area (Å²) in [7, 11) is 0. The second kappa shape index (κ2) is 4.28. The van der Waals surface area contributed by atoms with Crippen molar-refractivity contribution in [2.75, 3.05) is 10.2 Å². The van der Waals surface area contributed by atoms with Crippen molar-refractivity contribution >= 4 is 35.1 Å². The summed E-state index contributed by atoms with van der Waals surface area (Å²) in [6, 6.07) is 5.19. The van der Waals surface area contributed by atoms with Gasteiger partial charge in [-0.3, -0.25) is 19.7 Å². The largest absolute Gasteiger partial charge is 0.336 e. The van der Waals surface area contributed by atoms with Gasteiger partial charge in [-0.15, -0.1) is 0 Å². The zero-order chi connectivity index (χ0) is 13.3. The van der Waals surface area contributed by atoms with Crippen LogP contribution in [-0.2, 0) is 14.4 Å². The van der Waals surface area contributed by atoms with E-state index in [1.807, 2.05) is 5.32 Å². The highest BCUT2D eigenvalue weighted by Gasteiger charge is 2.37. The summed E-state index contributed by atoms with van der Waals surface area (Å²) in [6.45, 7) is 1.37. The smallest absolute Gasteiger partial charge is 0.326 e. The Morgan fingerprint density at radius 1 is 1.17 bits per heavy atom. The molecule has 2 rings (SSSR count). The average Bonchev–Trinajstić information content (AvgIpc) is 2.54. The zero-order valence-electron chi connectivity index (χ0n) is 9.39. The Hall–Kier alpha value is -2.70. The number of hydrogen-bond acceptors (Lipinski definition) is 4. The predicted molar refractivity (Wildman–Crippen MR) is 61.8 cm³/mol. The number of anilines is 2. The minimum Gasteiger partial charge on any atom is -0.326 e. The first-order valence-corrected chi connectivity index (χ1v) is 5.06. The number of carbonyl (C=O) groups excluding carboxylic acids is 4. The molecule has 2 N–H and O–H groups in total. The monoisotopic (exact) mass is 247 g/mol. The van der Waals surface area contributed by atoms with E-state index < -0.39 is 17.8 Å². The minimum atomic E-state index is -0.953. The van der Waals surface area contributed by atoms with Crippen molar-refractivity contribution in [2.45, 2.75) is 6.92 Å². The molecule has 1 aromatic rings. The summed E-state index contributed by atoms with van der Waals surface area (Å²) in [5, 5.41) is 4.43. The molecule has 0 aromatic heterocycles. The Bertz CT molecular complexity index is 550. The topological polar surface area (TPSA) is 95.6 Å². The molecule has 1 aliphatic heterocycles. The maximum atomic E-state index is 11.4. The van der Waals surface area contributed by atoms with E-state index in [9.17, 15) is 19.2 Å². The van der Waals surface area contributed by atoms with Crippen molar-refractivity contribution in [1.29, 1.82) is 0 Å². The van der Waals surface area contributed by atoms with E-state index in [2.05, 4.69) is 5.32 Å². The van der Waals surface area contributed by atoms with Gasteiger partial charge in [0.1, 0.15) is 0 Å². The molecule has 0 spiro atoms. The molecule has 1 saturated heterocycles. The normalized spacial score (nSPS) is 14.7. The van der Waals surface area contributed by atoms with Crippen LogP contribution in [0, 0.1) is 0 Å². The highest BCUT2D eigenvalue weighted by Crippen LogP contribution is 2.20. The van der Waals surface area contributed by atoms with Gasteiger partial charge in [-0.2, -0.15) is 0 Å². The second-order valence-corrected chi connectivity index (χ2v) is 3.63. The molecule has 5 amide bonds. The molecule has 18 heavy (non-hydrogen) atoms. The average molecular weight is 247 g/mol.